The number of carbonyl (C=O) groups excluding carboxylic acids is 2. The van der Waals surface area contributed by atoms with Gasteiger partial charge in [0, 0.05) is 18.8 Å². The van der Waals surface area contributed by atoms with Gasteiger partial charge in [-0.1, -0.05) is 63.0 Å². The van der Waals surface area contributed by atoms with E-state index in [9.17, 15) is 9.59 Å². The zero-order valence-electron chi connectivity index (χ0n) is 16.2. The Balaban J connectivity index is 1.71. The molecule has 1 fully saturated rings. The number of esters is 1. The molecule has 0 atom stereocenters. The minimum absolute atomic E-state index is 0.126. The van der Waals surface area contributed by atoms with Crippen LogP contribution in [0.5, 0.6) is 0 Å². The van der Waals surface area contributed by atoms with Gasteiger partial charge in [-0.05, 0) is 36.3 Å². The molecule has 27 heavy (non-hydrogen) atoms. The van der Waals surface area contributed by atoms with Gasteiger partial charge in [-0.25, -0.2) is 0 Å². The van der Waals surface area contributed by atoms with Crippen molar-refractivity contribution in [2.45, 2.75) is 39.5 Å². The second kappa shape index (κ2) is 10.7. The monoisotopic (exact) mass is 408 g/mol. The number of hydrogen-bond donors (Lipinski definition) is 1. The number of ether oxygens (including phenoxy) is 1. The van der Waals surface area contributed by atoms with E-state index >= 15 is 0 Å². The van der Waals surface area contributed by atoms with Crippen LogP contribution in [0.1, 0.15) is 45.1 Å². The summed E-state index contributed by atoms with van der Waals surface area (Å²) in [6.45, 7) is 7.97. The second-order valence-electron chi connectivity index (χ2n) is 7.17. The molecule has 1 aromatic carbocycles. The Morgan fingerprint density at radius 2 is 1.96 bits per heavy atom. The normalized spacial score (nSPS) is 14.9. The number of piperidine rings is 1. The molecular weight excluding hydrogens is 380 g/mol. The van der Waals surface area contributed by atoms with Crippen LogP contribution in [-0.4, -0.2) is 46.5 Å². The number of benzene rings is 1. The Kier molecular flexibility index (Phi) is 8.57. The van der Waals surface area contributed by atoms with Crippen molar-refractivity contribution in [3.8, 4) is 0 Å². The summed E-state index contributed by atoms with van der Waals surface area (Å²) >= 11 is 6.70. The summed E-state index contributed by atoms with van der Waals surface area (Å²) in [4.78, 5) is 26.1. The number of nitrogens with one attached hydrogen (secondary N) is 1. The van der Waals surface area contributed by atoms with E-state index in [4.69, 9.17) is 17.0 Å². The van der Waals surface area contributed by atoms with E-state index in [1.165, 1.54) is 11.8 Å². The highest BCUT2D eigenvalue weighted by molar-refractivity contribution is 8.23. The standard InChI is InChI=1S/C20H28N2O3S2/c1-14(2)16-6-4-5-7-17(16)21-18(23)12-25-19(24)13-27-20(26)22-10-8-15(3)9-11-22/h4-7,14-15H,8-13H2,1-3H3,(H,21,23). The molecule has 0 unspecified atom stereocenters. The van der Waals surface area contributed by atoms with Crippen LogP contribution < -0.4 is 5.32 Å². The predicted molar refractivity (Wildman–Crippen MR) is 115 cm³/mol. The average Bonchev–Trinajstić information content (AvgIpc) is 2.65. The van der Waals surface area contributed by atoms with E-state index in [1.54, 1.807) is 0 Å². The van der Waals surface area contributed by atoms with Gasteiger partial charge in [-0.3, -0.25) is 9.59 Å². The van der Waals surface area contributed by atoms with E-state index in [0.717, 1.165) is 47.4 Å². The molecule has 1 aromatic rings. The molecule has 0 aliphatic carbocycles. The van der Waals surface area contributed by atoms with Crippen LogP contribution >= 0.6 is 24.0 Å². The fraction of sp³-hybridized carbons (Fsp3) is 0.550. The lowest BCUT2D eigenvalue weighted by Gasteiger charge is -2.31. The van der Waals surface area contributed by atoms with Gasteiger partial charge in [-0.15, -0.1) is 0 Å². The molecule has 2 rings (SSSR count). The number of nitrogens with zero attached hydrogens (tertiary/aromatic N) is 1. The summed E-state index contributed by atoms with van der Waals surface area (Å²) in [7, 11) is 0. The number of carbonyl (C=O) groups is 2. The summed E-state index contributed by atoms with van der Waals surface area (Å²) in [6.07, 6.45) is 2.26. The van der Waals surface area contributed by atoms with Gasteiger partial charge in [0.15, 0.2) is 6.61 Å². The van der Waals surface area contributed by atoms with Gasteiger partial charge < -0.3 is 15.0 Å². The third kappa shape index (κ3) is 7.14. The zero-order valence-corrected chi connectivity index (χ0v) is 17.8. The van der Waals surface area contributed by atoms with Gasteiger partial charge in [0.1, 0.15) is 4.32 Å². The second-order valence-corrected chi connectivity index (χ2v) is 8.78. The smallest absolute Gasteiger partial charge is 0.316 e. The molecule has 1 aliphatic heterocycles. The maximum Gasteiger partial charge on any atom is 0.316 e. The molecule has 1 aliphatic rings. The van der Waals surface area contributed by atoms with Crippen LogP contribution in [0.4, 0.5) is 5.69 Å². The van der Waals surface area contributed by atoms with Crippen LogP contribution in [0, 0.1) is 5.92 Å². The van der Waals surface area contributed by atoms with Crippen molar-refractivity contribution in [1.29, 1.82) is 0 Å². The molecule has 0 aromatic heterocycles. The van der Waals surface area contributed by atoms with Gasteiger partial charge in [0.2, 0.25) is 0 Å². The highest BCUT2D eigenvalue weighted by Gasteiger charge is 2.19. The highest BCUT2D eigenvalue weighted by Crippen LogP contribution is 2.23. The fourth-order valence-corrected chi connectivity index (χ4v) is 3.94. The van der Waals surface area contributed by atoms with Crippen LogP contribution in [0.2, 0.25) is 0 Å². The summed E-state index contributed by atoms with van der Waals surface area (Å²) < 4.78 is 5.81. The molecule has 0 spiro atoms. The Labute approximate surface area is 171 Å². The van der Waals surface area contributed by atoms with Crippen LogP contribution in [0.25, 0.3) is 0 Å². The number of thioether (sulfide) groups is 1. The van der Waals surface area contributed by atoms with Crippen molar-refractivity contribution in [3.05, 3.63) is 29.8 Å². The topological polar surface area (TPSA) is 58.6 Å². The predicted octanol–water partition coefficient (Wildman–Crippen LogP) is 4.04. The summed E-state index contributed by atoms with van der Waals surface area (Å²) in [5, 5.41) is 2.81. The van der Waals surface area contributed by atoms with Gasteiger partial charge in [-0.2, -0.15) is 0 Å². The molecule has 1 N–H and O–H groups in total. The van der Waals surface area contributed by atoms with Crippen molar-refractivity contribution < 1.29 is 14.3 Å². The Morgan fingerprint density at radius 1 is 1.30 bits per heavy atom. The van der Waals surface area contributed by atoms with Gasteiger partial charge >= 0.3 is 5.97 Å². The van der Waals surface area contributed by atoms with Gasteiger partial charge in [0.25, 0.3) is 5.91 Å². The molecular formula is C20H28N2O3S2. The molecule has 0 bridgehead atoms. The number of likely N-dealkylation sites (tertiary alicyclic amines) is 1. The van der Waals surface area contributed by atoms with Crippen molar-refractivity contribution in [2.24, 2.45) is 5.92 Å². The molecule has 0 radical (unpaired) electrons. The van der Waals surface area contributed by atoms with E-state index in [0.29, 0.717) is 5.92 Å². The van der Waals surface area contributed by atoms with Crippen molar-refractivity contribution in [1.82, 2.24) is 4.90 Å². The molecule has 7 heteroatoms. The van der Waals surface area contributed by atoms with Crippen LogP contribution in [-0.2, 0) is 14.3 Å². The molecule has 5 nitrogen and oxygen atoms in total. The Morgan fingerprint density at radius 3 is 2.63 bits per heavy atom. The molecule has 148 valence electrons. The maximum atomic E-state index is 12.1. The molecule has 0 saturated carbocycles. The van der Waals surface area contributed by atoms with Crippen LogP contribution in [0.15, 0.2) is 24.3 Å². The maximum absolute atomic E-state index is 12.1. The third-order valence-electron chi connectivity index (χ3n) is 4.58. The number of rotatable bonds is 6. The summed E-state index contributed by atoms with van der Waals surface area (Å²) in [6, 6.07) is 7.63. The van der Waals surface area contributed by atoms with E-state index in [2.05, 4.69) is 31.0 Å². The fourth-order valence-electron chi connectivity index (χ4n) is 2.89. The number of amides is 1. The number of hydrogen-bond acceptors (Lipinski definition) is 5. The highest BCUT2D eigenvalue weighted by atomic mass is 32.2. The van der Waals surface area contributed by atoms with Gasteiger partial charge in [0.05, 0.1) is 5.75 Å². The van der Waals surface area contributed by atoms with E-state index < -0.39 is 5.97 Å². The van der Waals surface area contributed by atoms with E-state index in [1.807, 2.05) is 24.3 Å². The molecule has 1 saturated heterocycles. The number of thiocarbonyl (C=S) groups is 1. The third-order valence-corrected chi connectivity index (χ3v) is 6.07. The van der Waals surface area contributed by atoms with Crippen LogP contribution in [0.3, 0.4) is 0 Å². The number of para-hydroxylation sites is 1. The average molecular weight is 409 g/mol. The van der Waals surface area contributed by atoms with Crippen molar-refractivity contribution in [3.63, 3.8) is 0 Å². The minimum atomic E-state index is -0.431. The molecule has 1 amide bonds. The quantitative estimate of drug-likeness (QED) is 0.566. The minimum Gasteiger partial charge on any atom is -0.455 e. The summed E-state index contributed by atoms with van der Waals surface area (Å²) in [5.74, 6) is 0.382. The Hall–Kier alpha value is -1.60. The van der Waals surface area contributed by atoms with Crippen molar-refractivity contribution in [2.75, 3.05) is 30.8 Å². The molecule has 1 heterocycles. The first-order valence-corrected chi connectivity index (χ1v) is 10.7. The first kappa shape index (κ1) is 21.7. The first-order chi connectivity index (χ1) is 12.9. The summed E-state index contributed by atoms with van der Waals surface area (Å²) in [5.41, 5.74) is 1.80. The van der Waals surface area contributed by atoms with E-state index in [-0.39, 0.29) is 18.3 Å². The lowest BCUT2D eigenvalue weighted by molar-refractivity contribution is -0.144. The Bertz CT molecular complexity index is 671. The first-order valence-electron chi connectivity index (χ1n) is 9.33. The SMILES string of the molecule is CC1CCN(C(=S)SCC(=O)OCC(=O)Nc2ccccc2C(C)C)CC1. The number of anilines is 1. The largest absolute Gasteiger partial charge is 0.455 e. The lowest BCUT2D eigenvalue weighted by Crippen LogP contribution is -2.36. The lowest BCUT2D eigenvalue weighted by atomic mass is 10.00. The van der Waals surface area contributed by atoms with Crippen molar-refractivity contribution >= 4 is 45.9 Å². The zero-order chi connectivity index (χ0) is 19.8.